The number of carboxylic acids is 1. The molecule has 1 saturated carbocycles. The number of halogens is 1. The first-order valence-electron chi connectivity index (χ1n) is 15.8. The zero-order chi connectivity index (χ0) is 33.5. The summed E-state index contributed by atoms with van der Waals surface area (Å²) in [5.41, 5.74) is 0.346. The second-order valence-corrected chi connectivity index (χ2v) is 12.6. The molecular weight excluding hydrogens is 611 g/mol. The third kappa shape index (κ3) is 6.41. The Morgan fingerprint density at radius 1 is 1.15 bits per heavy atom. The summed E-state index contributed by atoms with van der Waals surface area (Å²) in [6, 6.07) is 1.94. The Kier molecular flexibility index (Phi) is 8.68. The number of aliphatic carboxylic acids is 1. The van der Waals surface area contributed by atoms with Gasteiger partial charge in [0, 0.05) is 24.0 Å². The second kappa shape index (κ2) is 12.7. The van der Waals surface area contributed by atoms with Crippen LogP contribution in [0.5, 0.6) is 5.88 Å². The monoisotopic (exact) mass is 648 g/mol. The number of carbonyl (C=O) groups excluding carboxylic acids is 3. The molecule has 0 spiro atoms. The first-order valence-corrected chi connectivity index (χ1v) is 15.8. The van der Waals surface area contributed by atoms with E-state index in [1.165, 1.54) is 23.1 Å². The Morgan fingerprint density at radius 3 is 2.70 bits per heavy atom. The maximum atomic E-state index is 14.3. The zero-order valence-electron chi connectivity index (χ0n) is 26.4. The first kappa shape index (κ1) is 32.1. The minimum absolute atomic E-state index is 0.0261. The average Bonchev–Trinajstić information content (AvgIpc) is 3.38. The number of fused-ring (bicyclic) bond motifs is 3. The lowest BCUT2D eigenvalue weighted by molar-refractivity contribution is -0.145. The third-order valence-corrected chi connectivity index (χ3v) is 9.33. The van der Waals surface area contributed by atoms with Crippen LogP contribution in [0.4, 0.5) is 4.39 Å². The summed E-state index contributed by atoms with van der Waals surface area (Å²) in [7, 11) is 0. The van der Waals surface area contributed by atoms with Crippen molar-refractivity contribution in [3.8, 4) is 5.88 Å². The number of hydrogen-bond donors (Lipinski definition) is 3. The predicted octanol–water partition coefficient (Wildman–Crippen LogP) is 3.31. The van der Waals surface area contributed by atoms with Crippen LogP contribution in [0.25, 0.3) is 11.0 Å². The van der Waals surface area contributed by atoms with Crippen LogP contribution < -0.4 is 15.4 Å². The van der Waals surface area contributed by atoms with Gasteiger partial charge in [0.05, 0.1) is 17.6 Å². The van der Waals surface area contributed by atoms with Crippen molar-refractivity contribution in [1.82, 2.24) is 30.7 Å². The Labute approximate surface area is 269 Å². The van der Waals surface area contributed by atoms with Gasteiger partial charge in [-0.15, -0.1) is 0 Å². The number of carboxylic acid groups (broad SMARTS) is 1. The number of aryl methyl sites for hydroxylation is 2. The smallest absolute Gasteiger partial charge is 0.330 e. The van der Waals surface area contributed by atoms with Crippen molar-refractivity contribution in [1.29, 1.82) is 0 Å². The molecule has 47 heavy (non-hydrogen) atoms. The highest BCUT2D eigenvalue weighted by atomic mass is 19.1. The number of ether oxygens (including phenoxy) is 1. The molecule has 5 atom stereocenters. The van der Waals surface area contributed by atoms with Crippen molar-refractivity contribution in [2.24, 2.45) is 5.92 Å². The van der Waals surface area contributed by atoms with E-state index in [2.05, 4.69) is 25.8 Å². The van der Waals surface area contributed by atoms with E-state index >= 15 is 0 Å². The van der Waals surface area contributed by atoms with Crippen LogP contribution >= 0.6 is 0 Å². The van der Waals surface area contributed by atoms with Gasteiger partial charge in [-0.3, -0.25) is 14.4 Å². The molecule has 3 N–H and O–H groups in total. The molecule has 2 aliphatic heterocycles. The van der Waals surface area contributed by atoms with Gasteiger partial charge in [-0.05, 0) is 58.6 Å². The Balaban J connectivity index is 1.31. The van der Waals surface area contributed by atoms with Crippen LogP contribution in [-0.4, -0.2) is 79.1 Å². The fourth-order valence-corrected chi connectivity index (χ4v) is 6.37. The Morgan fingerprint density at radius 2 is 1.96 bits per heavy atom. The van der Waals surface area contributed by atoms with E-state index in [1.807, 2.05) is 12.2 Å². The molecular formula is C33H37FN6O7. The molecule has 0 radical (unpaired) electrons. The van der Waals surface area contributed by atoms with E-state index < -0.39 is 53.2 Å². The number of nitrogens with one attached hydrogen (secondary N) is 2. The summed E-state index contributed by atoms with van der Waals surface area (Å²) in [6.45, 7) is 5.03. The van der Waals surface area contributed by atoms with Gasteiger partial charge in [0.1, 0.15) is 41.0 Å². The lowest BCUT2D eigenvalue weighted by atomic mass is 10.0. The van der Waals surface area contributed by atoms with Gasteiger partial charge in [0.15, 0.2) is 5.69 Å². The molecule has 2 fully saturated rings. The molecule has 5 unspecified atom stereocenters. The topological polar surface area (TPSA) is 177 Å². The molecule has 13 nitrogen and oxygen atoms in total. The highest BCUT2D eigenvalue weighted by Gasteiger charge is 2.61. The molecule has 3 aromatic rings. The second-order valence-electron chi connectivity index (χ2n) is 12.6. The van der Waals surface area contributed by atoms with Gasteiger partial charge in [-0.2, -0.15) is 0 Å². The molecule has 14 heteroatoms. The van der Waals surface area contributed by atoms with Gasteiger partial charge < -0.3 is 29.9 Å². The Hall–Kier alpha value is -4.88. The van der Waals surface area contributed by atoms with Crippen molar-refractivity contribution in [2.45, 2.75) is 89.4 Å². The quantitative estimate of drug-likeness (QED) is 0.348. The van der Waals surface area contributed by atoms with Crippen LogP contribution in [0.3, 0.4) is 0 Å². The van der Waals surface area contributed by atoms with Crippen molar-refractivity contribution in [2.75, 3.05) is 6.54 Å². The molecule has 6 rings (SSSR count). The van der Waals surface area contributed by atoms with E-state index in [0.717, 1.165) is 19.3 Å². The highest BCUT2D eigenvalue weighted by Crippen LogP contribution is 2.45. The number of amides is 3. The van der Waals surface area contributed by atoms with Crippen LogP contribution in [0.2, 0.25) is 0 Å². The molecule has 248 valence electrons. The standard InChI is InChI=1S/C33H37FN6O7/c1-17-19(3)47-39-27(17)29(42)36-24-10-8-6-4-5-7-9-20-15-33(20,32(44)45)38-28(41)26-14-22(16-40(26)31(24)43)46-30-18(2)35-23-12-11-21(34)13-25(23)37-30/h7,9,11-13,20,22,24,26H,4-6,8,10,14-16H2,1-3H3,(H,36,42)(H,38,41)(H,44,45). The lowest BCUT2D eigenvalue weighted by Crippen LogP contribution is -2.56. The predicted molar refractivity (Wildman–Crippen MR) is 165 cm³/mol. The Bertz CT molecular complexity index is 1780. The first-order chi connectivity index (χ1) is 22.5. The summed E-state index contributed by atoms with van der Waals surface area (Å²) in [5, 5.41) is 19.5. The fourth-order valence-electron chi connectivity index (χ4n) is 6.37. The normalized spacial score (nSPS) is 26.5. The number of allylic oxidation sites excluding steroid dienone is 1. The van der Waals surface area contributed by atoms with Crippen LogP contribution in [-0.2, 0) is 14.4 Å². The van der Waals surface area contributed by atoms with E-state index in [1.54, 1.807) is 20.8 Å². The largest absolute Gasteiger partial charge is 0.479 e. The number of aromatic nitrogens is 3. The fraction of sp³-hybridized carbons (Fsp3) is 0.485. The maximum absolute atomic E-state index is 14.3. The van der Waals surface area contributed by atoms with E-state index in [0.29, 0.717) is 35.4 Å². The van der Waals surface area contributed by atoms with E-state index in [9.17, 15) is 28.7 Å². The SMILES string of the molecule is Cc1nc2ccc(F)cc2nc1OC1CC2C(=O)NC3(C(=O)O)CC3C=CCCCCCC(NC(=O)c3noc(C)c3C)C(=O)N2C1. The van der Waals surface area contributed by atoms with Gasteiger partial charge in [-0.1, -0.05) is 30.2 Å². The number of hydrogen-bond acceptors (Lipinski definition) is 9. The molecule has 2 aromatic heterocycles. The van der Waals surface area contributed by atoms with Crippen LogP contribution in [0.15, 0.2) is 34.9 Å². The van der Waals surface area contributed by atoms with Crippen molar-refractivity contribution in [3.63, 3.8) is 0 Å². The van der Waals surface area contributed by atoms with Crippen molar-refractivity contribution >= 4 is 34.7 Å². The third-order valence-electron chi connectivity index (χ3n) is 9.33. The average molecular weight is 649 g/mol. The molecule has 1 aliphatic carbocycles. The minimum Gasteiger partial charge on any atom is -0.479 e. The van der Waals surface area contributed by atoms with E-state index in [-0.39, 0.29) is 42.4 Å². The molecule has 0 bridgehead atoms. The van der Waals surface area contributed by atoms with E-state index in [4.69, 9.17) is 9.26 Å². The molecule has 3 amide bonds. The molecule has 4 heterocycles. The lowest BCUT2D eigenvalue weighted by Gasteiger charge is -2.29. The molecule has 3 aliphatic rings. The summed E-state index contributed by atoms with van der Waals surface area (Å²) in [6.07, 6.45) is 6.54. The number of rotatable bonds is 5. The summed E-state index contributed by atoms with van der Waals surface area (Å²) in [5.74, 6) is -3.11. The molecule has 1 aromatic carbocycles. The minimum atomic E-state index is -1.47. The van der Waals surface area contributed by atoms with Gasteiger partial charge in [-0.25, -0.2) is 19.2 Å². The van der Waals surface area contributed by atoms with Crippen molar-refractivity contribution < 1.29 is 37.9 Å². The molecule has 1 saturated heterocycles. The zero-order valence-corrected chi connectivity index (χ0v) is 26.4. The van der Waals surface area contributed by atoms with Gasteiger partial charge >= 0.3 is 5.97 Å². The van der Waals surface area contributed by atoms with Gasteiger partial charge in [0.25, 0.3) is 5.91 Å². The van der Waals surface area contributed by atoms with Crippen molar-refractivity contribution in [3.05, 3.63) is 58.9 Å². The summed E-state index contributed by atoms with van der Waals surface area (Å²) < 4.78 is 25.3. The van der Waals surface area contributed by atoms with Gasteiger partial charge in [0.2, 0.25) is 17.7 Å². The van der Waals surface area contributed by atoms with Crippen LogP contribution in [0.1, 0.15) is 72.5 Å². The highest BCUT2D eigenvalue weighted by molar-refractivity contribution is 5.99. The number of nitrogens with zero attached hydrogens (tertiary/aromatic N) is 4. The number of carbonyl (C=O) groups is 4. The maximum Gasteiger partial charge on any atom is 0.330 e. The summed E-state index contributed by atoms with van der Waals surface area (Å²) in [4.78, 5) is 64.1. The summed E-state index contributed by atoms with van der Waals surface area (Å²) >= 11 is 0. The van der Waals surface area contributed by atoms with Crippen LogP contribution in [0, 0.1) is 32.5 Å². The number of benzene rings is 1.